The summed E-state index contributed by atoms with van der Waals surface area (Å²) in [5.41, 5.74) is 2.42. The Bertz CT molecular complexity index is 1360. The smallest absolute Gasteiger partial charge is 0.253 e. The van der Waals surface area contributed by atoms with Crippen molar-refractivity contribution in [3.63, 3.8) is 0 Å². The van der Waals surface area contributed by atoms with E-state index in [1.54, 1.807) is 0 Å². The predicted molar refractivity (Wildman–Crippen MR) is 208 cm³/mol. The van der Waals surface area contributed by atoms with Gasteiger partial charge in [-0.1, -0.05) is 91.0 Å². The Hall–Kier alpha value is -3.86. The summed E-state index contributed by atoms with van der Waals surface area (Å²) in [6, 6.07) is 30.9. The molecule has 4 rings (SSSR count). The summed E-state index contributed by atoms with van der Waals surface area (Å²) in [7, 11) is 0. The molecule has 1 aliphatic heterocycles. The highest BCUT2D eigenvalue weighted by atomic mass is 16.6. The standard InChI is InChI=1S/C43H57NO12/c45-41-16-17-42(46)44(41)18-19-47-20-21-48-22-23-49-24-25-50-26-27-51-28-29-52-30-31-53-32-33-54-34-35-55-36-37-56-43(38-10-4-1-5-11-38,39-12-6-2-7-13-39)40-14-8-3-9-15-40/h1-17H,18-37H2. The van der Waals surface area contributed by atoms with E-state index in [0.29, 0.717) is 119 Å². The van der Waals surface area contributed by atoms with E-state index in [0.717, 1.165) is 21.6 Å². The number of benzene rings is 3. The van der Waals surface area contributed by atoms with Gasteiger partial charge < -0.3 is 47.4 Å². The first-order chi connectivity index (χ1) is 27.7. The molecule has 0 aromatic heterocycles. The van der Waals surface area contributed by atoms with Crippen molar-refractivity contribution in [1.82, 2.24) is 4.90 Å². The average molecular weight is 780 g/mol. The number of amides is 2. The van der Waals surface area contributed by atoms with E-state index in [4.69, 9.17) is 47.4 Å². The zero-order valence-electron chi connectivity index (χ0n) is 32.3. The first-order valence-electron chi connectivity index (χ1n) is 19.3. The van der Waals surface area contributed by atoms with Crippen LogP contribution in [-0.2, 0) is 62.6 Å². The highest BCUT2D eigenvalue weighted by Crippen LogP contribution is 2.40. The second-order valence-corrected chi connectivity index (χ2v) is 12.3. The van der Waals surface area contributed by atoms with Crippen molar-refractivity contribution in [2.24, 2.45) is 0 Å². The number of hydrogen-bond donors (Lipinski definition) is 0. The molecule has 3 aromatic carbocycles. The first-order valence-corrected chi connectivity index (χ1v) is 19.3. The molecular formula is C43H57NO12. The van der Waals surface area contributed by atoms with E-state index < -0.39 is 5.60 Å². The molecular weight excluding hydrogens is 722 g/mol. The lowest BCUT2D eigenvalue weighted by Gasteiger charge is -2.36. The molecule has 1 heterocycles. The SMILES string of the molecule is O=C1C=CC(=O)N1CCOCCOCCOCCOCCOCCOCCOCCOCCOCCOC(c1ccccc1)(c1ccccc1)c1ccccc1. The van der Waals surface area contributed by atoms with Crippen LogP contribution in [0.4, 0.5) is 0 Å². The third-order valence-corrected chi connectivity index (χ3v) is 8.42. The summed E-state index contributed by atoms with van der Waals surface area (Å²) < 4.78 is 56.6. The van der Waals surface area contributed by atoms with Crippen molar-refractivity contribution < 1.29 is 57.0 Å². The summed E-state index contributed by atoms with van der Waals surface area (Å²) in [5.74, 6) is -0.615. The second-order valence-electron chi connectivity index (χ2n) is 12.3. The van der Waals surface area contributed by atoms with Gasteiger partial charge >= 0.3 is 0 Å². The second kappa shape index (κ2) is 28.5. The topological polar surface area (TPSA) is 130 Å². The van der Waals surface area contributed by atoms with Gasteiger partial charge in [0.1, 0.15) is 5.60 Å². The van der Waals surface area contributed by atoms with Gasteiger partial charge in [0.15, 0.2) is 0 Å². The summed E-state index contributed by atoms with van der Waals surface area (Å²) in [5, 5.41) is 0. The minimum Gasteiger partial charge on any atom is -0.377 e. The van der Waals surface area contributed by atoms with Crippen molar-refractivity contribution >= 4 is 11.8 Å². The molecule has 56 heavy (non-hydrogen) atoms. The molecule has 306 valence electrons. The fourth-order valence-electron chi connectivity index (χ4n) is 5.69. The minimum atomic E-state index is -0.759. The molecule has 0 saturated heterocycles. The molecule has 0 bridgehead atoms. The molecule has 0 aliphatic carbocycles. The molecule has 0 N–H and O–H groups in total. The van der Waals surface area contributed by atoms with Gasteiger partial charge in [0.25, 0.3) is 11.8 Å². The molecule has 0 radical (unpaired) electrons. The number of ether oxygens (including phenoxy) is 10. The molecule has 13 nitrogen and oxygen atoms in total. The number of hydrogen-bond acceptors (Lipinski definition) is 12. The van der Waals surface area contributed by atoms with Crippen LogP contribution in [0.3, 0.4) is 0 Å². The molecule has 0 unspecified atom stereocenters. The fraction of sp³-hybridized carbons (Fsp3) is 0.488. The van der Waals surface area contributed by atoms with Crippen LogP contribution < -0.4 is 0 Å². The van der Waals surface area contributed by atoms with Gasteiger partial charge in [-0.05, 0) is 16.7 Å². The molecule has 0 saturated carbocycles. The molecule has 0 spiro atoms. The number of carbonyl (C=O) groups excluding carboxylic acids is 2. The van der Waals surface area contributed by atoms with Crippen molar-refractivity contribution in [3.8, 4) is 0 Å². The molecule has 0 atom stereocenters. The summed E-state index contributed by atoms with van der Waals surface area (Å²) in [6.07, 6.45) is 2.51. The van der Waals surface area contributed by atoms with Gasteiger partial charge in [0.05, 0.1) is 132 Å². The van der Waals surface area contributed by atoms with Crippen LogP contribution >= 0.6 is 0 Å². The Balaban J connectivity index is 0.876. The monoisotopic (exact) mass is 779 g/mol. The van der Waals surface area contributed by atoms with Crippen LogP contribution in [0.5, 0.6) is 0 Å². The Labute approximate surface area is 330 Å². The van der Waals surface area contributed by atoms with Gasteiger partial charge in [-0.2, -0.15) is 0 Å². The van der Waals surface area contributed by atoms with E-state index in [1.165, 1.54) is 12.2 Å². The van der Waals surface area contributed by atoms with Crippen LogP contribution in [0.15, 0.2) is 103 Å². The van der Waals surface area contributed by atoms with Crippen molar-refractivity contribution in [2.75, 3.05) is 132 Å². The zero-order chi connectivity index (χ0) is 39.2. The first kappa shape index (κ1) is 44.8. The number of rotatable bonds is 34. The lowest BCUT2D eigenvalue weighted by molar-refractivity contribution is -0.137. The Morgan fingerprint density at radius 2 is 0.589 bits per heavy atom. The minimum absolute atomic E-state index is 0.237. The highest BCUT2D eigenvalue weighted by Gasteiger charge is 2.37. The molecule has 1 aliphatic rings. The Morgan fingerprint density at radius 3 is 0.875 bits per heavy atom. The van der Waals surface area contributed by atoms with Crippen molar-refractivity contribution in [3.05, 3.63) is 120 Å². The van der Waals surface area contributed by atoms with Gasteiger partial charge in [-0.25, -0.2) is 0 Å². The van der Waals surface area contributed by atoms with Crippen LogP contribution in [0.2, 0.25) is 0 Å². The largest absolute Gasteiger partial charge is 0.377 e. The third kappa shape index (κ3) is 16.7. The van der Waals surface area contributed by atoms with Gasteiger partial charge in [0.2, 0.25) is 0 Å². The van der Waals surface area contributed by atoms with E-state index in [2.05, 4.69) is 36.4 Å². The number of imide groups is 1. The van der Waals surface area contributed by atoms with Crippen LogP contribution in [-0.4, -0.2) is 149 Å². The van der Waals surface area contributed by atoms with Gasteiger partial charge in [-0.15, -0.1) is 0 Å². The van der Waals surface area contributed by atoms with Crippen LogP contribution in [0.1, 0.15) is 16.7 Å². The number of nitrogens with zero attached hydrogens (tertiary/aromatic N) is 1. The lowest BCUT2D eigenvalue weighted by Crippen LogP contribution is -2.34. The Kier molecular flexibility index (Phi) is 22.8. The summed E-state index contributed by atoms with van der Waals surface area (Å²) in [6.45, 7) is 8.71. The van der Waals surface area contributed by atoms with Gasteiger partial charge in [-0.3, -0.25) is 14.5 Å². The third-order valence-electron chi connectivity index (χ3n) is 8.42. The van der Waals surface area contributed by atoms with Crippen molar-refractivity contribution in [2.45, 2.75) is 5.60 Å². The average Bonchev–Trinajstić information content (AvgIpc) is 3.56. The van der Waals surface area contributed by atoms with Crippen LogP contribution in [0.25, 0.3) is 0 Å². The maximum absolute atomic E-state index is 11.4. The fourth-order valence-corrected chi connectivity index (χ4v) is 5.69. The van der Waals surface area contributed by atoms with E-state index in [1.807, 2.05) is 54.6 Å². The highest BCUT2D eigenvalue weighted by molar-refractivity contribution is 6.12. The molecule has 13 heteroatoms. The quantitative estimate of drug-likeness (QED) is 0.0493. The lowest BCUT2D eigenvalue weighted by atomic mass is 9.80. The van der Waals surface area contributed by atoms with E-state index in [-0.39, 0.29) is 25.0 Å². The maximum atomic E-state index is 11.4. The van der Waals surface area contributed by atoms with E-state index >= 15 is 0 Å². The molecule has 3 aromatic rings. The predicted octanol–water partition coefficient (Wildman–Crippen LogP) is 4.07. The van der Waals surface area contributed by atoms with Crippen LogP contribution in [0, 0.1) is 0 Å². The normalized spacial score (nSPS) is 13.0. The summed E-state index contributed by atoms with van der Waals surface area (Å²) >= 11 is 0. The zero-order valence-corrected chi connectivity index (χ0v) is 32.3. The van der Waals surface area contributed by atoms with Gasteiger partial charge in [0, 0.05) is 12.2 Å². The summed E-state index contributed by atoms with van der Waals surface area (Å²) in [4.78, 5) is 24.0. The molecule has 0 fully saturated rings. The van der Waals surface area contributed by atoms with E-state index in [9.17, 15) is 9.59 Å². The number of carbonyl (C=O) groups is 2. The maximum Gasteiger partial charge on any atom is 0.253 e. The molecule has 2 amide bonds. The Morgan fingerprint density at radius 1 is 0.339 bits per heavy atom. The van der Waals surface area contributed by atoms with Crippen molar-refractivity contribution in [1.29, 1.82) is 0 Å².